The molecule has 0 saturated carbocycles. The molecule has 2 aromatic heterocycles. The molecule has 3 heteroatoms. The lowest BCUT2D eigenvalue weighted by molar-refractivity contribution is 1.18. The van der Waals surface area contributed by atoms with Crippen LogP contribution < -0.4 is 0 Å². The van der Waals surface area contributed by atoms with Gasteiger partial charge in [0.25, 0.3) is 0 Å². The van der Waals surface area contributed by atoms with E-state index in [1.807, 2.05) is 18.2 Å². The van der Waals surface area contributed by atoms with Crippen LogP contribution in [0.25, 0.3) is 76.5 Å². The highest BCUT2D eigenvalue weighted by Gasteiger charge is 2.11. The van der Waals surface area contributed by atoms with Gasteiger partial charge in [0.2, 0.25) is 0 Å². The first-order valence-corrected chi connectivity index (χ1v) is 12.8. The Hall–Kier alpha value is -5.15. The molecule has 0 aliphatic rings. The quantitative estimate of drug-likeness (QED) is 0.219. The van der Waals surface area contributed by atoms with Crippen LogP contribution >= 0.6 is 0 Å². The lowest BCUT2D eigenvalue weighted by atomic mass is 9.96. The Morgan fingerprint density at radius 2 is 0.921 bits per heavy atom. The summed E-state index contributed by atoms with van der Waals surface area (Å²) in [4.78, 5) is 15.2. The van der Waals surface area contributed by atoms with Crippen LogP contribution in [0.2, 0.25) is 0 Å². The molecule has 0 fully saturated rings. The van der Waals surface area contributed by atoms with Crippen molar-refractivity contribution in [3.05, 3.63) is 127 Å². The van der Waals surface area contributed by atoms with Crippen LogP contribution in [-0.4, -0.2) is 15.0 Å². The normalized spacial score (nSPS) is 11.7. The number of nitrogens with zero attached hydrogens (tertiary/aromatic N) is 3. The van der Waals surface area contributed by atoms with Crippen LogP contribution in [-0.2, 0) is 0 Å². The van der Waals surface area contributed by atoms with Gasteiger partial charge < -0.3 is 0 Å². The van der Waals surface area contributed by atoms with E-state index in [4.69, 9.17) is 15.0 Å². The summed E-state index contributed by atoms with van der Waals surface area (Å²) in [6.45, 7) is 0. The first kappa shape index (κ1) is 21.0. The van der Waals surface area contributed by atoms with E-state index >= 15 is 0 Å². The second-order valence-electron chi connectivity index (χ2n) is 9.67. The Balaban J connectivity index is 1.75. The van der Waals surface area contributed by atoms with Crippen molar-refractivity contribution >= 4 is 65.2 Å². The third-order valence-electron chi connectivity index (χ3n) is 7.47. The Kier molecular flexibility index (Phi) is 4.52. The van der Waals surface area contributed by atoms with E-state index in [2.05, 4.69) is 109 Å². The minimum absolute atomic E-state index is 0.670. The van der Waals surface area contributed by atoms with Crippen molar-refractivity contribution in [2.45, 2.75) is 0 Å². The molecule has 0 aliphatic heterocycles. The molecule has 0 amide bonds. The zero-order valence-corrected chi connectivity index (χ0v) is 20.5. The van der Waals surface area contributed by atoms with E-state index in [0.717, 1.165) is 32.5 Å². The molecular weight excluding hydrogens is 462 g/mol. The summed E-state index contributed by atoms with van der Waals surface area (Å²) in [6, 6.07) is 44.8. The highest BCUT2D eigenvalue weighted by molar-refractivity contribution is 6.21. The fourth-order valence-electron chi connectivity index (χ4n) is 5.68. The van der Waals surface area contributed by atoms with Gasteiger partial charge in [0.1, 0.15) is 0 Å². The number of hydrogen-bond donors (Lipinski definition) is 0. The van der Waals surface area contributed by atoms with E-state index in [9.17, 15) is 0 Å². The van der Waals surface area contributed by atoms with Gasteiger partial charge in [-0.15, -0.1) is 0 Å². The second-order valence-corrected chi connectivity index (χ2v) is 9.67. The van der Waals surface area contributed by atoms with Gasteiger partial charge in [-0.05, 0) is 43.8 Å². The van der Waals surface area contributed by atoms with Gasteiger partial charge in [-0.2, -0.15) is 0 Å². The van der Waals surface area contributed by atoms with Crippen molar-refractivity contribution in [1.82, 2.24) is 15.0 Å². The molecule has 0 saturated heterocycles. The number of fused-ring (bicyclic) bond motifs is 9. The maximum absolute atomic E-state index is 5.14. The third kappa shape index (κ3) is 3.19. The van der Waals surface area contributed by atoms with Crippen LogP contribution in [0.3, 0.4) is 0 Å². The largest absolute Gasteiger partial charge is 0.208 e. The Labute approximate surface area is 218 Å². The van der Waals surface area contributed by atoms with Crippen molar-refractivity contribution in [2.75, 3.05) is 0 Å². The maximum atomic E-state index is 5.14. The van der Waals surface area contributed by atoms with Gasteiger partial charge in [0.15, 0.2) is 17.1 Å². The van der Waals surface area contributed by atoms with Crippen molar-refractivity contribution in [3.8, 4) is 11.4 Å². The monoisotopic (exact) mass is 483 g/mol. The summed E-state index contributed by atoms with van der Waals surface area (Å²) in [5.41, 5.74) is 2.32. The standard InChI is InChI=1S/C35H21N3/c1-2-9-24(10-3-1)33-36-34-29-15-7-6-14-28(29)27-13-5-4-12-26(27)25-20-18-22-17-19-23-11-8-16-30(35(37-33)38-34)32(23)31(22)21-25/h1-21H. The van der Waals surface area contributed by atoms with Gasteiger partial charge in [-0.1, -0.05) is 121 Å². The van der Waals surface area contributed by atoms with Crippen LogP contribution in [0, 0.1) is 0 Å². The summed E-state index contributed by atoms with van der Waals surface area (Å²) in [6.07, 6.45) is 0. The molecule has 0 unspecified atom stereocenters. The molecule has 38 heavy (non-hydrogen) atoms. The summed E-state index contributed by atoms with van der Waals surface area (Å²) in [5.74, 6) is 0.670. The lowest BCUT2D eigenvalue weighted by Gasteiger charge is -2.10. The average Bonchev–Trinajstić information content (AvgIpc) is 3.00. The van der Waals surface area contributed by atoms with Gasteiger partial charge in [0, 0.05) is 21.7 Å². The van der Waals surface area contributed by atoms with Gasteiger partial charge in [-0.25, -0.2) is 15.0 Å². The number of rotatable bonds is 1. The molecule has 0 spiro atoms. The van der Waals surface area contributed by atoms with Crippen molar-refractivity contribution < 1.29 is 0 Å². The fourth-order valence-corrected chi connectivity index (χ4v) is 5.68. The molecule has 8 aromatic rings. The maximum Gasteiger partial charge on any atom is 0.164 e. The topological polar surface area (TPSA) is 38.7 Å². The van der Waals surface area contributed by atoms with Crippen molar-refractivity contribution in [3.63, 3.8) is 0 Å². The average molecular weight is 484 g/mol. The highest BCUT2D eigenvalue weighted by atomic mass is 15.0. The lowest BCUT2D eigenvalue weighted by Crippen LogP contribution is -1.95. The first-order valence-electron chi connectivity index (χ1n) is 12.8. The Bertz CT molecular complexity index is 2240. The molecule has 176 valence electrons. The van der Waals surface area contributed by atoms with Crippen LogP contribution in [0.15, 0.2) is 127 Å². The molecular formula is C35H21N3. The van der Waals surface area contributed by atoms with Gasteiger partial charge >= 0.3 is 0 Å². The smallest absolute Gasteiger partial charge is 0.164 e. The van der Waals surface area contributed by atoms with E-state index in [0.29, 0.717) is 17.1 Å². The zero-order chi connectivity index (χ0) is 25.1. The summed E-state index contributed by atoms with van der Waals surface area (Å²) >= 11 is 0. The molecule has 0 aliphatic carbocycles. The molecule has 4 bridgehead atoms. The number of aromatic nitrogens is 3. The number of hydrogen-bond acceptors (Lipinski definition) is 3. The van der Waals surface area contributed by atoms with Crippen LogP contribution in [0.1, 0.15) is 0 Å². The second kappa shape index (κ2) is 8.19. The molecule has 6 aromatic carbocycles. The van der Waals surface area contributed by atoms with Gasteiger partial charge in [-0.3, -0.25) is 0 Å². The van der Waals surface area contributed by atoms with Gasteiger partial charge in [0.05, 0.1) is 0 Å². The molecule has 0 radical (unpaired) electrons. The molecule has 0 N–H and O–H groups in total. The molecule has 8 rings (SSSR count). The van der Waals surface area contributed by atoms with E-state index in [1.54, 1.807) is 0 Å². The highest BCUT2D eigenvalue weighted by Crippen LogP contribution is 2.34. The predicted octanol–water partition coefficient (Wildman–Crippen LogP) is 9.02. The predicted molar refractivity (Wildman–Crippen MR) is 159 cm³/mol. The fraction of sp³-hybridized carbons (Fsp3) is 0. The molecule has 0 atom stereocenters. The third-order valence-corrected chi connectivity index (χ3v) is 7.47. The van der Waals surface area contributed by atoms with Crippen molar-refractivity contribution in [1.29, 1.82) is 0 Å². The molecule has 3 nitrogen and oxygen atoms in total. The van der Waals surface area contributed by atoms with Crippen LogP contribution in [0.4, 0.5) is 0 Å². The van der Waals surface area contributed by atoms with E-state index in [1.165, 1.54) is 26.9 Å². The van der Waals surface area contributed by atoms with Crippen molar-refractivity contribution in [2.24, 2.45) is 0 Å². The SMILES string of the molecule is c1ccc(-c2nc3nc(n2)c2cccc4ccc5ccc(cc5c42)c2ccccc2c2ccccc32)cc1. The summed E-state index contributed by atoms with van der Waals surface area (Å²) < 4.78 is 0. The first-order chi connectivity index (χ1) is 18.8. The zero-order valence-electron chi connectivity index (χ0n) is 20.5. The minimum atomic E-state index is 0.670. The molecule has 2 heterocycles. The Morgan fingerprint density at radius 3 is 1.71 bits per heavy atom. The summed E-state index contributed by atoms with van der Waals surface area (Å²) in [5, 5.41) is 11.4. The van der Waals surface area contributed by atoms with E-state index < -0.39 is 0 Å². The minimum Gasteiger partial charge on any atom is -0.208 e. The number of benzene rings is 6. The van der Waals surface area contributed by atoms with Crippen LogP contribution in [0.5, 0.6) is 0 Å². The summed E-state index contributed by atoms with van der Waals surface area (Å²) in [7, 11) is 0. The Morgan fingerprint density at radius 1 is 0.342 bits per heavy atom. The van der Waals surface area contributed by atoms with E-state index in [-0.39, 0.29) is 0 Å².